The van der Waals surface area contributed by atoms with Gasteiger partial charge in [-0.05, 0) is 26.0 Å². The van der Waals surface area contributed by atoms with Crippen LogP contribution >= 0.6 is 0 Å². The van der Waals surface area contributed by atoms with Crippen molar-refractivity contribution in [3.05, 3.63) is 18.7 Å². The van der Waals surface area contributed by atoms with Crippen molar-refractivity contribution in [1.29, 1.82) is 0 Å². The Balaban J connectivity index is 0. The van der Waals surface area contributed by atoms with Gasteiger partial charge in [0.2, 0.25) is 0 Å². The molecular weight excluding hydrogens is 116 g/mol. The van der Waals surface area contributed by atoms with Crippen LogP contribution in [0.15, 0.2) is 18.7 Å². The second kappa shape index (κ2) is 6.86. The van der Waals surface area contributed by atoms with Gasteiger partial charge in [-0.1, -0.05) is 6.58 Å². The maximum absolute atomic E-state index is 10.0. The Kier molecular flexibility index (Phi) is 8.21. The minimum atomic E-state index is 0.0648. The lowest BCUT2D eigenvalue weighted by Gasteiger charge is -1.80. The van der Waals surface area contributed by atoms with Gasteiger partial charge < -0.3 is 0 Å². The van der Waals surface area contributed by atoms with Gasteiger partial charge in [0.05, 0.1) is 0 Å². The van der Waals surface area contributed by atoms with Crippen LogP contribution in [0.3, 0.4) is 0 Å². The number of carbonyl (C=O) groups is 1. The lowest BCUT2D eigenvalue weighted by molar-refractivity contribution is -0.113. The molecule has 0 heterocycles. The highest BCUT2D eigenvalue weighted by molar-refractivity contribution is 5.91. The monoisotopic (exact) mass is 126 g/mol. The first kappa shape index (κ1) is 10.8. The van der Waals surface area contributed by atoms with Crippen molar-refractivity contribution in [1.82, 2.24) is 0 Å². The van der Waals surface area contributed by atoms with Gasteiger partial charge in [0, 0.05) is 0 Å². The summed E-state index contributed by atoms with van der Waals surface area (Å²) in [4.78, 5) is 18.6. The maximum atomic E-state index is 10.0. The average Bonchev–Trinajstić information content (AvgIpc) is 1.68. The highest BCUT2D eigenvalue weighted by Gasteiger charge is 1.85. The highest BCUT2D eigenvalue weighted by Crippen LogP contribution is 1.84. The molecule has 0 aliphatic carbocycles. The first-order valence-corrected chi connectivity index (χ1v) is 2.37. The number of carbonyl (C=O) groups excluding carboxylic acids is 2. The first-order valence-electron chi connectivity index (χ1n) is 2.37. The van der Waals surface area contributed by atoms with E-state index in [2.05, 4.69) is 13.2 Å². The summed E-state index contributed by atoms with van der Waals surface area (Å²) in [6.45, 7) is 9.28. The van der Waals surface area contributed by atoms with Gasteiger partial charge in [0.1, 0.15) is 5.94 Å². The van der Waals surface area contributed by atoms with Crippen molar-refractivity contribution in [3.63, 3.8) is 0 Å². The minimum absolute atomic E-state index is 0.0648. The van der Waals surface area contributed by atoms with Crippen LogP contribution in [0.2, 0.25) is 0 Å². The predicted molar refractivity (Wildman–Crippen MR) is 36.8 cm³/mol. The fourth-order valence-electron chi connectivity index (χ4n) is 0. The second-order valence-corrected chi connectivity index (χ2v) is 1.48. The zero-order valence-electron chi connectivity index (χ0n) is 5.73. The first-order chi connectivity index (χ1) is 4.06. The molecule has 0 aliphatic heterocycles. The lowest BCUT2D eigenvalue weighted by Crippen LogP contribution is -1.86. The van der Waals surface area contributed by atoms with Gasteiger partial charge in [0.15, 0.2) is 5.78 Å². The van der Waals surface area contributed by atoms with Gasteiger partial charge in [0.25, 0.3) is 0 Å². The number of Topliss-reactive ketones (excluding diaryl/α,β-unsaturated/α-hetero) is 1. The van der Waals surface area contributed by atoms with E-state index >= 15 is 0 Å². The number of allylic oxidation sites excluding steroid dienone is 1. The van der Waals surface area contributed by atoms with E-state index in [-0.39, 0.29) is 5.78 Å². The molecule has 2 heteroatoms. The summed E-state index contributed by atoms with van der Waals surface area (Å²) in [6, 6.07) is 0. The molecule has 0 aromatic rings. The maximum Gasteiger partial charge on any atom is 0.154 e. The molecule has 0 radical (unpaired) electrons. The lowest BCUT2D eigenvalue weighted by atomic mass is 10.3. The Hall–Kier alpha value is -1.14. The zero-order chi connectivity index (χ0) is 7.86. The second-order valence-electron chi connectivity index (χ2n) is 1.48. The molecule has 0 fully saturated rings. The molecule has 0 amide bonds. The van der Waals surface area contributed by atoms with Crippen molar-refractivity contribution in [2.24, 2.45) is 0 Å². The largest absolute Gasteiger partial charge is 0.295 e. The summed E-state index contributed by atoms with van der Waals surface area (Å²) in [6.07, 6.45) is 0. The van der Waals surface area contributed by atoms with Gasteiger partial charge in [-0.15, -0.1) is 0 Å². The third-order valence-corrected chi connectivity index (χ3v) is 0.601. The van der Waals surface area contributed by atoms with E-state index in [1.54, 1.807) is 6.92 Å². The van der Waals surface area contributed by atoms with E-state index in [1.807, 2.05) is 0 Å². The van der Waals surface area contributed by atoms with Crippen LogP contribution in [-0.2, 0) is 9.59 Å². The van der Waals surface area contributed by atoms with Crippen molar-refractivity contribution in [3.8, 4) is 0 Å². The predicted octanol–water partition coefficient (Wildman–Crippen LogP) is 1.16. The summed E-state index contributed by atoms with van der Waals surface area (Å²) < 4.78 is 0. The van der Waals surface area contributed by atoms with E-state index in [4.69, 9.17) is 4.79 Å². The quantitative estimate of drug-likeness (QED) is 0.390. The van der Waals surface area contributed by atoms with Crippen LogP contribution in [-0.4, -0.2) is 11.7 Å². The van der Waals surface area contributed by atoms with E-state index in [0.29, 0.717) is 5.57 Å². The Morgan fingerprint density at radius 1 is 1.44 bits per heavy atom. The van der Waals surface area contributed by atoms with Crippen LogP contribution in [0, 0.1) is 0 Å². The van der Waals surface area contributed by atoms with Crippen molar-refractivity contribution in [2.75, 3.05) is 0 Å². The van der Waals surface area contributed by atoms with Gasteiger partial charge >= 0.3 is 0 Å². The summed E-state index contributed by atoms with van der Waals surface area (Å²) in [5.41, 5.74) is 0.620. The molecule has 0 aliphatic rings. The fourth-order valence-corrected chi connectivity index (χ4v) is 0. The van der Waals surface area contributed by atoms with Crippen LogP contribution < -0.4 is 0 Å². The van der Waals surface area contributed by atoms with E-state index in [0.717, 1.165) is 0 Å². The summed E-state index contributed by atoms with van der Waals surface area (Å²) >= 11 is 0. The molecule has 0 spiro atoms. The zero-order valence-corrected chi connectivity index (χ0v) is 5.73. The van der Waals surface area contributed by atoms with Crippen LogP contribution in [0.1, 0.15) is 13.8 Å². The van der Waals surface area contributed by atoms with E-state index in [1.165, 1.54) is 12.9 Å². The Labute approximate surface area is 54.9 Å². The molecule has 0 unspecified atom stereocenters. The molecule has 2 nitrogen and oxygen atoms in total. The summed E-state index contributed by atoms with van der Waals surface area (Å²) in [7, 11) is 0. The molecule has 50 valence electrons. The van der Waals surface area contributed by atoms with Crippen LogP contribution in [0.5, 0.6) is 0 Å². The summed E-state index contributed by atoms with van der Waals surface area (Å²) in [5.74, 6) is 1.31. The molecule has 9 heavy (non-hydrogen) atoms. The standard InChI is InChI=1S/C5H8O.C2H2O/c1-4(2)5(3)6;1-2-3/h1H2,2-3H3;1H2. The number of ketones is 1. The van der Waals surface area contributed by atoms with Crippen LogP contribution in [0.4, 0.5) is 0 Å². The molecule has 0 N–H and O–H groups in total. The fraction of sp³-hybridized carbons (Fsp3) is 0.286. The van der Waals surface area contributed by atoms with Crippen molar-refractivity contribution >= 4 is 11.7 Å². The molecule has 0 rings (SSSR count). The van der Waals surface area contributed by atoms with E-state index in [9.17, 15) is 4.79 Å². The molecule has 0 aromatic heterocycles. The smallest absolute Gasteiger partial charge is 0.154 e. The molecule has 0 saturated heterocycles. The van der Waals surface area contributed by atoms with Gasteiger partial charge in [-0.2, -0.15) is 0 Å². The summed E-state index contributed by atoms with van der Waals surface area (Å²) in [5, 5.41) is 0. The highest BCUT2D eigenvalue weighted by atomic mass is 16.1. The SMILES string of the molecule is C=C(C)C(C)=O.C=C=O. The molecule has 0 saturated carbocycles. The number of hydrogen-bond acceptors (Lipinski definition) is 2. The average molecular weight is 126 g/mol. The molecule has 0 atom stereocenters. The van der Waals surface area contributed by atoms with Crippen molar-refractivity contribution in [2.45, 2.75) is 13.8 Å². The van der Waals surface area contributed by atoms with E-state index < -0.39 is 0 Å². The molecular formula is C7H10O2. The molecule has 0 aromatic carbocycles. The Bertz CT molecular complexity index is 127. The minimum Gasteiger partial charge on any atom is -0.295 e. The molecule has 0 bridgehead atoms. The van der Waals surface area contributed by atoms with Gasteiger partial charge in [-0.3, -0.25) is 4.79 Å². The third kappa shape index (κ3) is 19.8. The van der Waals surface area contributed by atoms with Crippen LogP contribution in [0.25, 0.3) is 0 Å². The Morgan fingerprint density at radius 3 is 1.56 bits per heavy atom. The topological polar surface area (TPSA) is 34.1 Å². The van der Waals surface area contributed by atoms with Crippen molar-refractivity contribution < 1.29 is 9.59 Å². The Morgan fingerprint density at radius 2 is 1.56 bits per heavy atom. The van der Waals surface area contributed by atoms with Gasteiger partial charge in [-0.25, -0.2) is 4.79 Å². The normalized spacial score (nSPS) is 6.00. The number of rotatable bonds is 1. The third-order valence-electron chi connectivity index (χ3n) is 0.601. The number of hydrogen-bond donors (Lipinski definition) is 0.